The molecule has 0 saturated heterocycles. The average molecular weight is 350 g/mol. The van der Waals surface area contributed by atoms with E-state index in [1.807, 2.05) is 0 Å². The van der Waals surface area contributed by atoms with E-state index in [2.05, 4.69) is 15.8 Å². The van der Waals surface area contributed by atoms with Crippen molar-refractivity contribution in [3.05, 3.63) is 47.0 Å². The molecule has 0 heterocycles. The minimum atomic E-state index is -0.522. The number of methoxy groups -OCH3 is 2. The van der Waals surface area contributed by atoms with Crippen molar-refractivity contribution < 1.29 is 19.4 Å². The quantitative estimate of drug-likeness (QED) is 0.571. The number of ether oxygens (including phenoxy) is 2. The number of anilines is 1. The Bertz CT molecular complexity index is 740. The Labute approximate surface area is 143 Å². The molecule has 0 bridgehead atoms. The van der Waals surface area contributed by atoms with Crippen LogP contribution in [0.1, 0.15) is 5.56 Å². The Balaban J connectivity index is 2.02. The molecule has 0 aliphatic heterocycles. The summed E-state index contributed by atoms with van der Waals surface area (Å²) >= 11 is 5.84. The zero-order chi connectivity index (χ0) is 17.5. The standard InChI is InChI=1S/C16H16ClN3O4/c1-23-13-6-10(7-14(24-2)15(13)21)9-18-20-16(22)19-12-5-3-4-11(17)8-12/h3-9,21H,1-2H3,(H2,19,20,22)/b18-9-. The van der Waals surface area contributed by atoms with Gasteiger partial charge in [-0.25, -0.2) is 10.2 Å². The second-order valence-corrected chi connectivity index (χ2v) is 5.04. The molecule has 0 radical (unpaired) electrons. The first-order chi connectivity index (χ1) is 11.5. The third-order valence-electron chi connectivity index (χ3n) is 2.96. The van der Waals surface area contributed by atoms with Gasteiger partial charge in [0.1, 0.15) is 0 Å². The van der Waals surface area contributed by atoms with Gasteiger partial charge in [0.05, 0.1) is 20.4 Å². The van der Waals surface area contributed by atoms with E-state index in [1.165, 1.54) is 20.4 Å². The molecule has 7 nitrogen and oxygen atoms in total. The molecule has 3 N–H and O–H groups in total. The molecule has 0 atom stereocenters. The van der Waals surface area contributed by atoms with Gasteiger partial charge < -0.3 is 19.9 Å². The van der Waals surface area contributed by atoms with Crippen LogP contribution in [0.25, 0.3) is 0 Å². The Hall–Kier alpha value is -2.93. The predicted octanol–water partition coefficient (Wildman–Crippen LogP) is 3.22. The van der Waals surface area contributed by atoms with Crippen LogP contribution in [0, 0.1) is 0 Å². The number of aromatic hydroxyl groups is 1. The van der Waals surface area contributed by atoms with Crippen LogP contribution in [0.3, 0.4) is 0 Å². The summed E-state index contributed by atoms with van der Waals surface area (Å²) in [5.74, 6) is 0.363. The number of halogens is 1. The zero-order valence-electron chi connectivity index (χ0n) is 13.0. The highest BCUT2D eigenvalue weighted by Gasteiger charge is 2.10. The van der Waals surface area contributed by atoms with E-state index in [0.717, 1.165) is 0 Å². The van der Waals surface area contributed by atoms with Crippen LogP contribution >= 0.6 is 11.6 Å². The highest BCUT2D eigenvalue weighted by atomic mass is 35.5. The van der Waals surface area contributed by atoms with Crippen molar-refractivity contribution in [3.8, 4) is 17.2 Å². The summed E-state index contributed by atoms with van der Waals surface area (Å²) in [6, 6.07) is 9.32. The van der Waals surface area contributed by atoms with Gasteiger partial charge >= 0.3 is 6.03 Å². The van der Waals surface area contributed by atoms with Crippen LogP contribution in [0.15, 0.2) is 41.5 Å². The Kier molecular flexibility index (Phi) is 5.86. The lowest BCUT2D eigenvalue weighted by molar-refractivity contribution is 0.252. The van der Waals surface area contributed by atoms with Gasteiger partial charge in [-0.1, -0.05) is 17.7 Å². The summed E-state index contributed by atoms with van der Waals surface area (Å²) in [6.07, 6.45) is 1.39. The SMILES string of the molecule is COc1cc(/C=N\NC(=O)Nc2cccc(Cl)c2)cc(OC)c1O. The lowest BCUT2D eigenvalue weighted by Crippen LogP contribution is -2.24. The lowest BCUT2D eigenvalue weighted by atomic mass is 10.2. The fraction of sp³-hybridized carbons (Fsp3) is 0.125. The first kappa shape index (κ1) is 17.4. The molecule has 0 saturated carbocycles. The van der Waals surface area contributed by atoms with E-state index in [4.69, 9.17) is 21.1 Å². The average Bonchev–Trinajstić information content (AvgIpc) is 2.56. The highest BCUT2D eigenvalue weighted by Crippen LogP contribution is 2.36. The molecule has 0 aromatic heterocycles. The topological polar surface area (TPSA) is 92.2 Å². The summed E-state index contributed by atoms with van der Waals surface area (Å²) < 4.78 is 10.1. The molecule has 126 valence electrons. The van der Waals surface area contributed by atoms with E-state index in [0.29, 0.717) is 16.3 Å². The minimum Gasteiger partial charge on any atom is -0.502 e. The Morgan fingerprint density at radius 1 is 1.21 bits per heavy atom. The molecule has 24 heavy (non-hydrogen) atoms. The molecular weight excluding hydrogens is 334 g/mol. The number of amides is 2. The summed E-state index contributed by atoms with van der Waals surface area (Å²) in [5, 5.41) is 16.8. The fourth-order valence-corrected chi connectivity index (χ4v) is 2.07. The molecular formula is C16H16ClN3O4. The lowest BCUT2D eigenvalue weighted by Gasteiger charge is -2.09. The van der Waals surface area contributed by atoms with E-state index in [9.17, 15) is 9.90 Å². The normalized spacial score (nSPS) is 10.5. The van der Waals surface area contributed by atoms with Crippen LogP contribution in [-0.4, -0.2) is 31.6 Å². The third kappa shape index (κ3) is 4.53. The number of hydrazone groups is 1. The molecule has 0 spiro atoms. The molecule has 0 fully saturated rings. The van der Waals surface area contributed by atoms with E-state index < -0.39 is 6.03 Å². The number of carbonyl (C=O) groups is 1. The van der Waals surface area contributed by atoms with Crippen molar-refractivity contribution in [2.75, 3.05) is 19.5 Å². The van der Waals surface area contributed by atoms with Crippen molar-refractivity contribution in [1.82, 2.24) is 5.43 Å². The number of nitrogens with one attached hydrogen (secondary N) is 2. The molecule has 2 amide bonds. The first-order valence-electron chi connectivity index (χ1n) is 6.84. The van der Waals surface area contributed by atoms with Crippen molar-refractivity contribution in [3.63, 3.8) is 0 Å². The zero-order valence-corrected chi connectivity index (χ0v) is 13.8. The number of nitrogens with zero attached hydrogens (tertiary/aromatic N) is 1. The van der Waals surface area contributed by atoms with Crippen LogP contribution < -0.4 is 20.2 Å². The van der Waals surface area contributed by atoms with Gasteiger partial charge in [0, 0.05) is 16.3 Å². The monoisotopic (exact) mass is 349 g/mol. The summed E-state index contributed by atoms with van der Waals surface area (Å²) in [5.41, 5.74) is 3.44. The van der Waals surface area contributed by atoms with Crippen molar-refractivity contribution in [2.24, 2.45) is 5.10 Å². The smallest absolute Gasteiger partial charge is 0.339 e. The molecule has 2 aromatic rings. The highest BCUT2D eigenvalue weighted by molar-refractivity contribution is 6.30. The number of phenolic OH excluding ortho intramolecular Hbond substituents is 1. The van der Waals surface area contributed by atoms with Gasteiger partial charge in [-0.2, -0.15) is 5.10 Å². The van der Waals surface area contributed by atoms with Gasteiger partial charge in [0.25, 0.3) is 0 Å². The minimum absolute atomic E-state index is 0.108. The van der Waals surface area contributed by atoms with Gasteiger partial charge in [-0.15, -0.1) is 0 Å². The Morgan fingerprint density at radius 3 is 2.46 bits per heavy atom. The molecule has 2 aromatic carbocycles. The number of carbonyl (C=O) groups excluding carboxylic acids is 1. The van der Waals surface area contributed by atoms with Crippen molar-refractivity contribution in [1.29, 1.82) is 0 Å². The number of hydrogen-bond acceptors (Lipinski definition) is 5. The van der Waals surface area contributed by atoms with Gasteiger partial charge in [-0.05, 0) is 30.3 Å². The number of benzene rings is 2. The second kappa shape index (κ2) is 8.07. The molecule has 2 rings (SSSR count). The van der Waals surface area contributed by atoms with Crippen LogP contribution in [-0.2, 0) is 0 Å². The van der Waals surface area contributed by atoms with Gasteiger partial charge in [-0.3, -0.25) is 0 Å². The molecule has 0 unspecified atom stereocenters. The fourth-order valence-electron chi connectivity index (χ4n) is 1.88. The van der Waals surface area contributed by atoms with E-state index in [-0.39, 0.29) is 17.2 Å². The van der Waals surface area contributed by atoms with Crippen molar-refractivity contribution >= 4 is 29.5 Å². The van der Waals surface area contributed by atoms with Gasteiger partial charge in [0.2, 0.25) is 5.75 Å². The van der Waals surface area contributed by atoms with Crippen LogP contribution in [0.2, 0.25) is 5.02 Å². The maximum Gasteiger partial charge on any atom is 0.339 e. The van der Waals surface area contributed by atoms with Crippen LogP contribution in [0.5, 0.6) is 17.2 Å². The van der Waals surface area contributed by atoms with E-state index in [1.54, 1.807) is 36.4 Å². The molecule has 8 heteroatoms. The summed E-state index contributed by atoms with van der Waals surface area (Å²) in [7, 11) is 2.85. The summed E-state index contributed by atoms with van der Waals surface area (Å²) in [4.78, 5) is 11.7. The number of urea groups is 1. The molecule has 0 aliphatic carbocycles. The number of hydrogen-bond donors (Lipinski definition) is 3. The third-order valence-corrected chi connectivity index (χ3v) is 3.20. The summed E-state index contributed by atoms with van der Waals surface area (Å²) in [6.45, 7) is 0. The maximum atomic E-state index is 11.7. The second-order valence-electron chi connectivity index (χ2n) is 4.61. The van der Waals surface area contributed by atoms with Crippen molar-refractivity contribution in [2.45, 2.75) is 0 Å². The van der Waals surface area contributed by atoms with Gasteiger partial charge in [0.15, 0.2) is 11.5 Å². The largest absolute Gasteiger partial charge is 0.502 e. The number of phenols is 1. The number of rotatable bonds is 5. The molecule has 0 aliphatic rings. The first-order valence-corrected chi connectivity index (χ1v) is 7.22. The maximum absolute atomic E-state index is 11.7. The van der Waals surface area contributed by atoms with E-state index >= 15 is 0 Å². The van der Waals surface area contributed by atoms with Crippen LogP contribution in [0.4, 0.5) is 10.5 Å². The predicted molar refractivity (Wildman–Crippen MR) is 92.4 cm³/mol. The Morgan fingerprint density at radius 2 is 1.88 bits per heavy atom.